The van der Waals surface area contributed by atoms with Crippen LogP contribution in [-0.4, -0.2) is 98.7 Å². The summed E-state index contributed by atoms with van der Waals surface area (Å²) in [6, 6.07) is -0.892. The lowest BCUT2D eigenvalue weighted by molar-refractivity contribution is -0.302. The van der Waals surface area contributed by atoms with Crippen molar-refractivity contribution in [2.75, 3.05) is 13.2 Å². The first-order chi connectivity index (χ1) is 32.3. The Kier molecular flexibility index (Phi) is 44.1. The molecule has 0 aromatic heterocycles. The predicted octanol–water partition coefficient (Wildman–Crippen LogP) is 12.6. The molecule has 0 radical (unpaired) electrons. The van der Waals surface area contributed by atoms with E-state index in [9.17, 15) is 35.4 Å². The minimum atomic E-state index is -1.60. The van der Waals surface area contributed by atoms with Crippen molar-refractivity contribution in [2.24, 2.45) is 0 Å². The summed E-state index contributed by atoms with van der Waals surface area (Å²) in [5.74, 6) is -0.581. The first-order valence-electron chi connectivity index (χ1n) is 28.5. The Morgan fingerprint density at radius 1 is 0.500 bits per heavy atom. The van der Waals surface area contributed by atoms with Gasteiger partial charge < -0.3 is 45.4 Å². The summed E-state index contributed by atoms with van der Waals surface area (Å²) in [5.41, 5.74) is 0. The first-order valence-corrected chi connectivity index (χ1v) is 28.5. The van der Waals surface area contributed by atoms with Crippen molar-refractivity contribution < 1.29 is 44.9 Å². The first kappa shape index (κ1) is 62.9. The van der Waals surface area contributed by atoms with Crippen LogP contribution < -0.4 is 5.32 Å². The van der Waals surface area contributed by atoms with Crippen molar-refractivity contribution in [3.8, 4) is 0 Å². The highest BCUT2D eigenvalue weighted by Gasteiger charge is 2.44. The zero-order valence-electron chi connectivity index (χ0n) is 43.1. The van der Waals surface area contributed by atoms with Gasteiger partial charge in [-0.2, -0.15) is 0 Å². The van der Waals surface area contributed by atoms with Crippen LogP contribution in [0.2, 0.25) is 0 Å². The fraction of sp³-hybridized carbons (Fsp3) is 0.946. The summed E-state index contributed by atoms with van der Waals surface area (Å²) < 4.78 is 11.2. The molecule has 392 valence electrons. The summed E-state index contributed by atoms with van der Waals surface area (Å²) in [6.45, 7) is 3.70. The van der Waals surface area contributed by atoms with Crippen LogP contribution in [-0.2, 0) is 14.3 Å². The quantitative estimate of drug-likeness (QED) is 0.0232. The second kappa shape index (κ2) is 46.3. The summed E-state index contributed by atoms with van der Waals surface area (Å²) in [4.78, 5) is 13.1. The number of carbonyl (C=O) groups excluding carboxylic acids is 1. The van der Waals surface area contributed by atoms with Crippen molar-refractivity contribution in [1.82, 2.24) is 5.32 Å². The van der Waals surface area contributed by atoms with Gasteiger partial charge in [0.05, 0.1) is 25.4 Å². The van der Waals surface area contributed by atoms with E-state index in [0.29, 0.717) is 12.8 Å². The van der Waals surface area contributed by atoms with Crippen molar-refractivity contribution in [2.45, 2.75) is 326 Å². The van der Waals surface area contributed by atoms with Gasteiger partial charge in [-0.05, 0) is 38.5 Å². The fourth-order valence-electron chi connectivity index (χ4n) is 9.34. The van der Waals surface area contributed by atoms with Crippen molar-refractivity contribution >= 4 is 5.91 Å². The molecule has 1 rings (SSSR count). The molecule has 1 fully saturated rings. The molecule has 1 saturated heterocycles. The molecule has 1 aliphatic heterocycles. The number of unbranched alkanes of at least 4 members (excludes halogenated alkanes) is 36. The Hall–Kier alpha value is -1.11. The molecule has 8 unspecified atom stereocenters. The monoisotopic (exact) mass is 940 g/mol. The number of hydrogen-bond acceptors (Lipinski definition) is 9. The highest BCUT2D eigenvalue weighted by molar-refractivity contribution is 5.80. The normalized spacial score (nSPS) is 20.3. The van der Waals surface area contributed by atoms with E-state index in [1.807, 2.05) is 0 Å². The molecule has 10 nitrogen and oxygen atoms in total. The molecule has 66 heavy (non-hydrogen) atoms. The Balaban J connectivity index is 2.22. The standard InChI is InChI=1S/C56H109NO9/c1-3-5-7-9-11-13-15-17-19-20-21-22-23-24-25-26-27-28-29-31-33-35-37-39-41-43-45-50(60)55(64)57-48(47-65-56-54(63)53(62)52(61)51(46-58)66-56)49(59)44-42-40-38-36-34-32-30-18-16-14-12-10-8-6-4-2/h24-25,48-54,56,58-63H,3-23,26-47H2,1-2H3,(H,57,64)/b25-24-. The second-order valence-electron chi connectivity index (χ2n) is 20.2. The molecular formula is C56H109NO9. The van der Waals surface area contributed by atoms with Gasteiger partial charge >= 0.3 is 0 Å². The lowest BCUT2D eigenvalue weighted by Gasteiger charge is -2.40. The number of amides is 1. The molecule has 0 aliphatic carbocycles. The third kappa shape index (κ3) is 35.1. The van der Waals surface area contributed by atoms with Crippen molar-refractivity contribution in [3.63, 3.8) is 0 Å². The number of rotatable bonds is 49. The molecule has 0 spiro atoms. The number of hydrogen-bond donors (Lipinski definition) is 7. The molecule has 10 heteroatoms. The van der Waals surface area contributed by atoms with Crippen LogP contribution in [0.3, 0.4) is 0 Å². The SMILES string of the molecule is CCCCCCCCCCCCCC/C=C\CCCCCCCCCCCCC(O)C(=O)NC(COC1OC(CO)C(O)C(O)C1O)C(O)CCCCCCCCCCCCCCCCC. The van der Waals surface area contributed by atoms with E-state index in [4.69, 9.17) is 9.47 Å². The Morgan fingerprint density at radius 2 is 0.848 bits per heavy atom. The fourth-order valence-corrected chi connectivity index (χ4v) is 9.34. The maximum Gasteiger partial charge on any atom is 0.249 e. The van der Waals surface area contributed by atoms with Gasteiger partial charge in [-0.15, -0.1) is 0 Å². The number of carbonyl (C=O) groups is 1. The lowest BCUT2D eigenvalue weighted by Crippen LogP contribution is -2.60. The van der Waals surface area contributed by atoms with Gasteiger partial charge in [0.2, 0.25) is 5.91 Å². The van der Waals surface area contributed by atoms with E-state index in [1.54, 1.807) is 0 Å². The van der Waals surface area contributed by atoms with Crippen LogP contribution in [0.4, 0.5) is 0 Å². The number of ether oxygens (including phenoxy) is 2. The van der Waals surface area contributed by atoms with Crippen molar-refractivity contribution in [3.05, 3.63) is 12.2 Å². The third-order valence-electron chi connectivity index (χ3n) is 14.0. The van der Waals surface area contributed by atoms with Gasteiger partial charge in [-0.3, -0.25) is 4.79 Å². The van der Waals surface area contributed by atoms with Gasteiger partial charge in [-0.1, -0.05) is 251 Å². The zero-order valence-corrected chi connectivity index (χ0v) is 43.1. The molecule has 0 aromatic carbocycles. The molecular weight excluding hydrogens is 831 g/mol. The van der Waals surface area contributed by atoms with Crippen LogP contribution in [0.25, 0.3) is 0 Å². The number of aliphatic hydroxyl groups is 6. The topological polar surface area (TPSA) is 169 Å². The summed E-state index contributed by atoms with van der Waals surface area (Å²) in [7, 11) is 0. The average molecular weight is 940 g/mol. The van der Waals surface area contributed by atoms with E-state index < -0.39 is 61.5 Å². The van der Waals surface area contributed by atoms with Crippen LogP contribution >= 0.6 is 0 Å². The van der Waals surface area contributed by atoms with E-state index in [1.165, 1.54) is 199 Å². The summed E-state index contributed by atoms with van der Waals surface area (Å²) >= 11 is 0. The van der Waals surface area contributed by atoms with Gasteiger partial charge in [0, 0.05) is 0 Å². The van der Waals surface area contributed by atoms with Crippen LogP contribution in [0.1, 0.15) is 277 Å². The number of nitrogens with one attached hydrogen (secondary N) is 1. The van der Waals surface area contributed by atoms with Gasteiger partial charge in [-0.25, -0.2) is 0 Å². The van der Waals surface area contributed by atoms with Crippen LogP contribution in [0.5, 0.6) is 0 Å². The lowest BCUT2D eigenvalue weighted by atomic mass is 9.99. The van der Waals surface area contributed by atoms with Crippen LogP contribution in [0.15, 0.2) is 12.2 Å². The molecule has 8 atom stereocenters. The van der Waals surface area contributed by atoms with E-state index in [2.05, 4.69) is 31.3 Å². The number of allylic oxidation sites excluding steroid dienone is 2. The Morgan fingerprint density at radius 3 is 1.23 bits per heavy atom. The summed E-state index contributed by atoms with van der Waals surface area (Å²) in [6.07, 6.45) is 45.6. The highest BCUT2D eigenvalue weighted by atomic mass is 16.7. The molecule has 0 saturated carbocycles. The van der Waals surface area contributed by atoms with Gasteiger partial charge in [0.1, 0.15) is 30.5 Å². The molecule has 1 amide bonds. The molecule has 0 bridgehead atoms. The summed E-state index contributed by atoms with van der Waals surface area (Å²) in [5, 5.41) is 65.1. The van der Waals surface area contributed by atoms with Gasteiger partial charge in [0.25, 0.3) is 0 Å². The highest BCUT2D eigenvalue weighted by Crippen LogP contribution is 2.23. The predicted molar refractivity (Wildman–Crippen MR) is 273 cm³/mol. The van der Waals surface area contributed by atoms with E-state index >= 15 is 0 Å². The van der Waals surface area contributed by atoms with E-state index in [0.717, 1.165) is 51.4 Å². The van der Waals surface area contributed by atoms with Crippen molar-refractivity contribution in [1.29, 1.82) is 0 Å². The van der Waals surface area contributed by atoms with E-state index in [-0.39, 0.29) is 6.61 Å². The second-order valence-corrected chi connectivity index (χ2v) is 20.2. The molecule has 1 heterocycles. The number of aliphatic hydroxyl groups excluding tert-OH is 6. The minimum Gasteiger partial charge on any atom is -0.394 e. The smallest absolute Gasteiger partial charge is 0.249 e. The molecule has 0 aromatic rings. The van der Waals surface area contributed by atoms with Crippen LogP contribution in [0, 0.1) is 0 Å². The zero-order chi connectivity index (χ0) is 48.1. The largest absolute Gasteiger partial charge is 0.394 e. The maximum atomic E-state index is 13.1. The third-order valence-corrected chi connectivity index (χ3v) is 14.0. The average Bonchev–Trinajstić information content (AvgIpc) is 3.32. The maximum absolute atomic E-state index is 13.1. The minimum absolute atomic E-state index is 0.252. The molecule has 1 aliphatic rings. The Bertz CT molecular complexity index is 1060. The molecule has 7 N–H and O–H groups in total. The Labute approximate surface area is 406 Å². The van der Waals surface area contributed by atoms with Gasteiger partial charge in [0.15, 0.2) is 6.29 Å².